The number of benzene rings is 1. The van der Waals surface area contributed by atoms with E-state index in [1.165, 1.54) is 18.4 Å². The first-order chi connectivity index (χ1) is 13.8. The highest BCUT2D eigenvalue weighted by molar-refractivity contribution is 5.59. The molecule has 0 atom stereocenters. The van der Waals surface area contributed by atoms with Crippen molar-refractivity contribution in [2.45, 2.75) is 19.4 Å². The van der Waals surface area contributed by atoms with Crippen LogP contribution in [0.1, 0.15) is 18.4 Å². The molecule has 4 rings (SSSR count). The molecule has 0 spiro atoms. The highest BCUT2D eigenvalue weighted by Crippen LogP contribution is 2.21. The van der Waals surface area contributed by atoms with Crippen molar-refractivity contribution < 1.29 is 0 Å². The molecule has 2 aromatic heterocycles. The van der Waals surface area contributed by atoms with Gasteiger partial charge in [-0.1, -0.05) is 12.1 Å². The highest BCUT2D eigenvalue weighted by atomic mass is 15.3. The van der Waals surface area contributed by atoms with Crippen LogP contribution < -0.4 is 15.5 Å². The van der Waals surface area contributed by atoms with Crippen LogP contribution in [0.15, 0.2) is 49.3 Å². The van der Waals surface area contributed by atoms with Crippen molar-refractivity contribution in [1.82, 2.24) is 30.0 Å². The van der Waals surface area contributed by atoms with Crippen LogP contribution >= 0.6 is 0 Å². The minimum atomic E-state index is 0.708. The van der Waals surface area contributed by atoms with Crippen LogP contribution in [0.2, 0.25) is 0 Å². The molecule has 8 heteroatoms. The van der Waals surface area contributed by atoms with Gasteiger partial charge in [-0.15, -0.1) is 0 Å². The fraction of sp³-hybridized carbons (Fsp3) is 0.400. The van der Waals surface area contributed by atoms with E-state index in [-0.39, 0.29) is 0 Å². The molecule has 0 aliphatic carbocycles. The zero-order valence-corrected chi connectivity index (χ0v) is 16.1. The van der Waals surface area contributed by atoms with Crippen LogP contribution in [-0.4, -0.2) is 51.4 Å². The average Bonchev–Trinajstić information content (AvgIpc) is 3.24. The predicted molar refractivity (Wildman–Crippen MR) is 110 cm³/mol. The van der Waals surface area contributed by atoms with Gasteiger partial charge >= 0.3 is 0 Å². The van der Waals surface area contributed by atoms with Crippen LogP contribution in [0.3, 0.4) is 0 Å². The van der Waals surface area contributed by atoms with E-state index in [9.17, 15) is 0 Å². The zero-order chi connectivity index (χ0) is 19.2. The van der Waals surface area contributed by atoms with Gasteiger partial charge in [-0.25, -0.2) is 19.6 Å². The molecule has 3 heterocycles. The molecular weight excluding hydrogens is 352 g/mol. The summed E-state index contributed by atoms with van der Waals surface area (Å²) in [6.45, 7) is 3.96. The Bertz CT molecular complexity index is 856. The highest BCUT2D eigenvalue weighted by Gasteiger charge is 2.16. The van der Waals surface area contributed by atoms with Gasteiger partial charge in [0.1, 0.15) is 30.6 Å². The lowest BCUT2D eigenvalue weighted by Gasteiger charge is -2.28. The van der Waals surface area contributed by atoms with E-state index in [2.05, 4.69) is 54.8 Å². The molecule has 1 aromatic carbocycles. The van der Waals surface area contributed by atoms with Crippen molar-refractivity contribution in [3.05, 3.63) is 54.9 Å². The molecule has 146 valence electrons. The molecule has 2 N–H and O–H groups in total. The first-order valence-electron chi connectivity index (χ1n) is 9.68. The molecule has 0 bridgehead atoms. The van der Waals surface area contributed by atoms with Crippen LogP contribution in [0.4, 0.5) is 17.3 Å². The normalized spacial score (nSPS) is 14.8. The van der Waals surface area contributed by atoms with Gasteiger partial charge in [-0.3, -0.25) is 0 Å². The minimum absolute atomic E-state index is 0.708. The zero-order valence-electron chi connectivity index (χ0n) is 16.1. The summed E-state index contributed by atoms with van der Waals surface area (Å²) in [5.74, 6) is 2.46. The van der Waals surface area contributed by atoms with Gasteiger partial charge in [0.05, 0.1) is 6.54 Å². The average molecular weight is 378 g/mol. The summed E-state index contributed by atoms with van der Waals surface area (Å²) in [6, 6.07) is 10.3. The van der Waals surface area contributed by atoms with Gasteiger partial charge in [-0.05, 0) is 49.5 Å². The van der Waals surface area contributed by atoms with E-state index >= 15 is 0 Å². The third kappa shape index (κ3) is 4.83. The predicted octanol–water partition coefficient (Wildman–Crippen LogP) is 2.30. The molecule has 0 radical (unpaired) electrons. The van der Waals surface area contributed by atoms with E-state index in [1.807, 2.05) is 18.2 Å². The number of nitrogens with one attached hydrogen (secondary N) is 2. The Balaban J connectivity index is 1.37. The number of rotatable bonds is 7. The van der Waals surface area contributed by atoms with Gasteiger partial charge in [0.15, 0.2) is 0 Å². The van der Waals surface area contributed by atoms with E-state index in [1.54, 1.807) is 23.7 Å². The number of anilines is 3. The first kappa shape index (κ1) is 18.4. The fourth-order valence-corrected chi connectivity index (χ4v) is 3.51. The summed E-state index contributed by atoms with van der Waals surface area (Å²) in [5, 5.41) is 10.9. The summed E-state index contributed by atoms with van der Waals surface area (Å²) in [4.78, 5) is 15.0. The van der Waals surface area contributed by atoms with Gasteiger partial charge in [0.2, 0.25) is 0 Å². The summed E-state index contributed by atoms with van der Waals surface area (Å²) >= 11 is 0. The topological polar surface area (TPSA) is 83.8 Å². The van der Waals surface area contributed by atoms with E-state index in [0.29, 0.717) is 6.54 Å². The van der Waals surface area contributed by atoms with Crippen molar-refractivity contribution in [2.75, 3.05) is 36.9 Å². The molecule has 1 aliphatic heterocycles. The lowest BCUT2D eigenvalue weighted by Crippen LogP contribution is -2.34. The van der Waals surface area contributed by atoms with E-state index < -0.39 is 0 Å². The second-order valence-corrected chi connectivity index (χ2v) is 7.25. The van der Waals surface area contributed by atoms with Crippen LogP contribution in [0, 0.1) is 5.92 Å². The Labute approximate surface area is 165 Å². The molecule has 1 saturated heterocycles. The molecule has 3 aromatic rings. The lowest BCUT2D eigenvalue weighted by atomic mass is 9.98. The largest absolute Gasteiger partial charge is 0.359 e. The maximum absolute atomic E-state index is 4.45. The second-order valence-electron chi connectivity index (χ2n) is 7.25. The Hall–Kier alpha value is -3.00. The molecule has 0 amide bonds. The summed E-state index contributed by atoms with van der Waals surface area (Å²) in [5.41, 5.74) is 2.16. The van der Waals surface area contributed by atoms with E-state index in [0.717, 1.165) is 42.9 Å². The Morgan fingerprint density at radius 2 is 1.96 bits per heavy atom. The molecule has 0 unspecified atom stereocenters. The van der Waals surface area contributed by atoms with E-state index in [4.69, 9.17) is 0 Å². The quantitative estimate of drug-likeness (QED) is 0.653. The molecular formula is C20H26N8. The Morgan fingerprint density at radius 1 is 1.14 bits per heavy atom. The van der Waals surface area contributed by atoms with Crippen molar-refractivity contribution in [1.29, 1.82) is 0 Å². The summed E-state index contributed by atoms with van der Waals surface area (Å²) in [6.07, 6.45) is 7.33. The van der Waals surface area contributed by atoms with Crippen LogP contribution in [-0.2, 0) is 6.54 Å². The standard InChI is InChI=1S/C20H26N8/c1-27(11-17-6-8-21-9-7-17)20-10-19(23-14-24-20)26-18-4-2-16(3-5-18)12-28-15-22-13-25-28/h2-5,10,13-15,17,21H,6-9,11-12H2,1H3,(H,23,24,26). The molecule has 28 heavy (non-hydrogen) atoms. The van der Waals surface area contributed by atoms with Crippen molar-refractivity contribution in [3.63, 3.8) is 0 Å². The third-order valence-corrected chi connectivity index (χ3v) is 5.07. The summed E-state index contributed by atoms with van der Waals surface area (Å²) in [7, 11) is 2.10. The Kier molecular flexibility index (Phi) is 5.77. The maximum Gasteiger partial charge on any atom is 0.137 e. The van der Waals surface area contributed by atoms with Crippen molar-refractivity contribution in [3.8, 4) is 0 Å². The number of piperidine rings is 1. The SMILES string of the molecule is CN(CC1CCNCC1)c1cc(Nc2ccc(Cn3cncn3)cc2)ncn1. The number of aromatic nitrogens is 5. The monoisotopic (exact) mass is 378 g/mol. The smallest absolute Gasteiger partial charge is 0.137 e. The van der Waals surface area contributed by atoms with Gasteiger partial charge in [-0.2, -0.15) is 5.10 Å². The molecule has 1 fully saturated rings. The number of hydrogen-bond acceptors (Lipinski definition) is 7. The molecule has 8 nitrogen and oxygen atoms in total. The minimum Gasteiger partial charge on any atom is -0.359 e. The van der Waals surface area contributed by atoms with Crippen molar-refractivity contribution in [2.24, 2.45) is 5.92 Å². The van der Waals surface area contributed by atoms with Gasteiger partial charge < -0.3 is 15.5 Å². The lowest BCUT2D eigenvalue weighted by molar-refractivity contribution is 0.377. The van der Waals surface area contributed by atoms with Gasteiger partial charge in [0, 0.05) is 25.3 Å². The third-order valence-electron chi connectivity index (χ3n) is 5.07. The van der Waals surface area contributed by atoms with Crippen LogP contribution in [0.5, 0.6) is 0 Å². The van der Waals surface area contributed by atoms with Crippen LogP contribution in [0.25, 0.3) is 0 Å². The first-order valence-corrected chi connectivity index (χ1v) is 9.68. The number of hydrogen-bond donors (Lipinski definition) is 2. The summed E-state index contributed by atoms with van der Waals surface area (Å²) < 4.78 is 1.80. The van der Waals surface area contributed by atoms with Gasteiger partial charge in [0.25, 0.3) is 0 Å². The molecule has 0 saturated carbocycles. The molecule has 1 aliphatic rings. The maximum atomic E-state index is 4.45. The number of nitrogens with zero attached hydrogens (tertiary/aromatic N) is 6. The Morgan fingerprint density at radius 3 is 2.71 bits per heavy atom. The van der Waals surface area contributed by atoms with Crippen molar-refractivity contribution >= 4 is 17.3 Å². The fourth-order valence-electron chi connectivity index (χ4n) is 3.51. The second kappa shape index (κ2) is 8.79.